The van der Waals surface area contributed by atoms with E-state index in [0.717, 1.165) is 35.0 Å². The van der Waals surface area contributed by atoms with E-state index in [4.69, 9.17) is 0 Å². The number of rotatable bonds is 5. The van der Waals surface area contributed by atoms with E-state index in [-0.39, 0.29) is 24.1 Å². The fourth-order valence-electron chi connectivity index (χ4n) is 3.35. The van der Waals surface area contributed by atoms with Crippen LogP contribution in [0.5, 0.6) is 0 Å². The number of hydrogen-bond donors (Lipinski definition) is 3. The Labute approximate surface area is 161 Å². The Balaban J connectivity index is 1.78. The normalized spacial score (nSPS) is 13.5. The number of fused-ring (bicyclic) bond motifs is 1. The first-order chi connectivity index (χ1) is 13.5. The standard InChI is InChI=1S/C21H22N4O3/c1-12-8-16-13(4-3-5-18(16)23-12)10-25-11-14(19(26)24-15-6-7-15)9-17(21(25)28)20(27)22-2/h3-5,8-9,11,15,23H,6-7,10H2,1-2H3,(H,22,27)(H,24,26). The highest BCUT2D eigenvalue weighted by atomic mass is 16.2. The molecule has 1 aliphatic rings. The van der Waals surface area contributed by atoms with Gasteiger partial charge in [0.2, 0.25) is 0 Å². The van der Waals surface area contributed by atoms with Gasteiger partial charge < -0.3 is 20.2 Å². The summed E-state index contributed by atoms with van der Waals surface area (Å²) in [6.07, 6.45) is 3.45. The molecular formula is C21H22N4O3. The zero-order valence-electron chi connectivity index (χ0n) is 15.8. The summed E-state index contributed by atoms with van der Waals surface area (Å²) in [5.74, 6) is -0.771. The molecule has 1 aliphatic carbocycles. The molecule has 0 unspecified atom stereocenters. The van der Waals surface area contributed by atoms with E-state index in [2.05, 4.69) is 15.6 Å². The van der Waals surface area contributed by atoms with Crippen LogP contribution in [0.4, 0.5) is 0 Å². The third kappa shape index (κ3) is 3.43. The molecule has 0 atom stereocenters. The van der Waals surface area contributed by atoms with Gasteiger partial charge in [0.15, 0.2) is 0 Å². The third-order valence-corrected chi connectivity index (χ3v) is 4.96. The van der Waals surface area contributed by atoms with Crippen LogP contribution in [0, 0.1) is 6.92 Å². The maximum Gasteiger partial charge on any atom is 0.263 e. The molecule has 0 bridgehead atoms. The van der Waals surface area contributed by atoms with E-state index in [0.29, 0.717) is 5.56 Å². The van der Waals surface area contributed by atoms with Gasteiger partial charge in [-0.2, -0.15) is 0 Å². The van der Waals surface area contributed by atoms with Gasteiger partial charge in [-0.3, -0.25) is 14.4 Å². The second-order valence-electron chi connectivity index (χ2n) is 7.23. The van der Waals surface area contributed by atoms with E-state index in [1.54, 1.807) is 0 Å². The Morgan fingerprint density at radius 1 is 1.21 bits per heavy atom. The van der Waals surface area contributed by atoms with Gasteiger partial charge in [-0.1, -0.05) is 12.1 Å². The van der Waals surface area contributed by atoms with Gasteiger partial charge in [-0.15, -0.1) is 0 Å². The number of hydrogen-bond acceptors (Lipinski definition) is 3. The smallest absolute Gasteiger partial charge is 0.263 e. The lowest BCUT2D eigenvalue weighted by atomic mass is 10.1. The van der Waals surface area contributed by atoms with Gasteiger partial charge >= 0.3 is 0 Å². The van der Waals surface area contributed by atoms with Crippen molar-refractivity contribution in [2.75, 3.05) is 7.05 Å². The molecule has 2 amide bonds. The van der Waals surface area contributed by atoms with Gasteiger partial charge in [0.1, 0.15) is 5.56 Å². The van der Waals surface area contributed by atoms with Crippen LogP contribution in [0.25, 0.3) is 10.9 Å². The third-order valence-electron chi connectivity index (χ3n) is 4.96. The maximum atomic E-state index is 12.9. The van der Waals surface area contributed by atoms with Crippen molar-refractivity contribution in [1.29, 1.82) is 0 Å². The molecule has 0 saturated heterocycles. The second kappa shape index (κ2) is 6.99. The molecule has 28 heavy (non-hydrogen) atoms. The molecule has 4 rings (SSSR count). The van der Waals surface area contributed by atoms with Crippen molar-refractivity contribution >= 4 is 22.7 Å². The maximum absolute atomic E-state index is 12.9. The van der Waals surface area contributed by atoms with Crippen molar-refractivity contribution in [3.05, 3.63) is 69.3 Å². The predicted molar refractivity (Wildman–Crippen MR) is 107 cm³/mol. The number of pyridine rings is 1. The molecule has 2 aromatic heterocycles. The van der Waals surface area contributed by atoms with E-state index >= 15 is 0 Å². The summed E-state index contributed by atoms with van der Waals surface area (Å²) >= 11 is 0. The molecule has 0 spiro atoms. The predicted octanol–water partition coefficient (Wildman–Crippen LogP) is 1.94. The van der Waals surface area contributed by atoms with Crippen LogP contribution in [0.1, 0.15) is 44.8 Å². The molecule has 1 aromatic carbocycles. The average molecular weight is 378 g/mol. The minimum atomic E-state index is -0.504. The van der Waals surface area contributed by atoms with Gasteiger partial charge in [-0.25, -0.2) is 0 Å². The Hall–Kier alpha value is -3.35. The number of aromatic nitrogens is 2. The summed E-state index contributed by atoms with van der Waals surface area (Å²) < 4.78 is 1.43. The van der Waals surface area contributed by atoms with Crippen molar-refractivity contribution < 1.29 is 9.59 Å². The first-order valence-electron chi connectivity index (χ1n) is 9.31. The average Bonchev–Trinajstić information content (AvgIpc) is 3.40. The summed E-state index contributed by atoms with van der Waals surface area (Å²) in [6.45, 7) is 2.24. The largest absolute Gasteiger partial charge is 0.359 e. The SMILES string of the molecule is CNC(=O)c1cc(C(=O)NC2CC2)cn(Cc2cccc3[nH]c(C)cc23)c1=O. The Morgan fingerprint density at radius 2 is 2.00 bits per heavy atom. The zero-order chi connectivity index (χ0) is 19.8. The zero-order valence-corrected chi connectivity index (χ0v) is 15.8. The number of amides is 2. The summed E-state index contributed by atoms with van der Waals surface area (Å²) in [4.78, 5) is 40.9. The number of nitrogens with zero attached hydrogens (tertiary/aromatic N) is 1. The summed E-state index contributed by atoms with van der Waals surface area (Å²) in [7, 11) is 1.46. The topological polar surface area (TPSA) is 96.0 Å². The molecule has 2 heterocycles. The Bertz CT molecular complexity index is 1140. The number of H-pyrrole nitrogens is 1. The minimum Gasteiger partial charge on any atom is -0.359 e. The van der Waals surface area contributed by atoms with Crippen molar-refractivity contribution in [1.82, 2.24) is 20.2 Å². The summed E-state index contributed by atoms with van der Waals surface area (Å²) in [5.41, 5.74) is 2.79. The molecular weight excluding hydrogens is 356 g/mol. The van der Waals surface area contributed by atoms with E-state index in [1.807, 2.05) is 31.2 Å². The van der Waals surface area contributed by atoms with Crippen LogP contribution >= 0.6 is 0 Å². The van der Waals surface area contributed by atoms with E-state index in [9.17, 15) is 14.4 Å². The van der Waals surface area contributed by atoms with Crippen LogP contribution < -0.4 is 16.2 Å². The number of aryl methyl sites for hydroxylation is 1. The monoisotopic (exact) mass is 378 g/mol. The molecule has 1 saturated carbocycles. The van der Waals surface area contributed by atoms with Crippen molar-refractivity contribution in [3.8, 4) is 0 Å². The Morgan fingerprint density at radius 3 is 2.71 bits per heavy atom. The second-order valence-corrected chi connectivity index (χ2v) is 7.23. The highest BCUT2D eigenvalue weighted by molar-refractivity contribution is 5.99. The molecule has 0 aliphatic heterocycles. The molecule has 144 valence electrons. The minimum absolute atomic E-state index is 0.0385. The van der Waals surface area contributed by atoms with Crippen LogP contribution in [-0.4, -0.2) is 34.5 Å². The lowest BCUT2D eigenvalue weighted by Gasteiger charge is -2.12. The van der Waals surface area contributed by atoms with Gasteiger partial charge in [0.05, 0.1) is 12.1 Å². The van der Waals surface area contributed by atoms with Crippen LogP contribution in [-0.2, 0) is 6.54 Å². The van der Waals surface area contributed by atoms with Crippen molar-refractivity contribution in [2.24, 2.45) is 0 Å². The molecule has 3 aromatic rings. The fraction of sp³-hybridized carbons (Fsp3) is 0.286. The van der Waals surface area contributed by atoms with E-state index < -0.39 is 11.5 Å². The summed E-state index contributed by atoms with van der Waals surface area (Å²) in [5, 5.41) is 6.40. The first kappa shape index (κ1) is 18.0. The number of benzene rings is 1. The van der Waals surface area contributed by atoms with Gasteiger partial charge in [-0.05, 0) is 43.5 Å². The molecule has 0 radical (unpaired) electrons. The van der Waals surface area contributed by atoms with Crippen LogP contribution in [0.15, 0.2) is 41.3 Å². The van der Waals surface area contributed by atoms with E-state index in [1.165, 1.54) is 23.9 Å². The summed E-state index contributed by atoms with van der Waals surface area (Å²) in [6, 6.07) is 9.42. The number of carbonyl (C=O) groups is 2. The Kier molecular flexibility index (Phi) is 4.50. The van der Waals surface area contributed by atoms with Crippen LogP contribution in [0.3, 0.4) is 0 Å². The lowest BCUT2D eigenvalue weighted by molar-refractivity contribution is 0.0950. The highest BCUT2D eigenvalue weighted by Crippen LogP contribution is 2.21. The van der Waals surface area contributed by atoms with Crippen molar-refractivity contribution in [3.63, 3.8) is 0 Å². The quantitative estimate of drug-likeness (QED) is 0.633. The van der Waals surface area contributed by atoms with Gasteiger partial charge in [0.25, 0.3) is 17.4 Å². The van der Waals surface area contributed by atoms with Crippen molar-refractivity contribution in [2.45, 2.75) is 32.4 Å². The number of nitrogens with one attached hydrogen (secondary N) is 3. The lowest BCUT2D eigenvalue weighted by Crippen LogP contribution is -2.34. The first-order valence-corrected chi connectivity index (χ1v) is 9.31. The number of carbonyl (C=O) groups excluding carboxylic acids is 2. The molecule has 7 nitrogen and oxygen atoms in total. The van der Waals surface area contributed by atoms with Crippen LogP contribution in [0.2, 0.25) is 0 Å². The highest BCUT2D eigenvalue weighted by Gasteiger charge is 2.25. The molecule has 1 fully saturated rings. The fourth-order valence-corrected chi connectivity index (χ4v) is 3.35. The molecule has 7 heteroatoms. The number of aromatic amines is 1. The van der Waals surface area contributed by atoms with Gasteiger partial charge in [0, 0.05) is 35.9 Å². The molecule has 3 N–H and O–H groups in total.